The molecule has 1 aromatic rings. The number of benzene rings is 1. The van der Waals surface area contributed by atoms with Crippen molar-refractivity contribution in [2.75, 3.05) is 13.2 Å². The van der Waals surface area contributed by atoms with Crippen LogP contribution >= 0.6 is 0 Å². The van der Waals surface area contributed by atoms with Gasteiger partial charge in [-0.15, -0.1) is 0 Å². The van der Waals surface area contributed by atoms with Crippen molar-refractivity contribution in [3.63, 3.8) is 0 Å². The minimum atomic E-state index is -0.206. The first-order chi connectivity index (χ1) is 9.13. The van der Waals surface area contributed by atoms with Crippen molar-refractivity contribution in [2.24, 2.45) is 5.92 Å². The Labute approximate surface area is 116 Å². The lowest BCUT2D eigenvalue weighted by atomic mass is 10.0. The summed E-state index contributed by atoms with van der Waals surface area (Å²) in [5.41, 5.74) is 1.25. The number of carbonyl (C=O) groups is 1. The van der Waals surface area contributed by atoms with Gasteiger partial charge in [-0.05, 0) is 37.8 Å². The van der Waals surface area contributed by atoms with E-state index in [1.807, 2.05) is 25.1 Å². The lowest BCUT2D eigenvalue weighted by Crippen LogP contribution is -2.40. The highest BCUT2D eigenvalue weighted by Gasteiger charge is 2.19. The second kappa shape index (κ2) is 8.70. The topological polar surface area (TPSA) is 38.3 Å². The van der Waals surface area contributed by atoms with E-state index in [4.69, 9.17) is 4.74 Å². The van der Waals surface area contributed by atoms with E-state index >= 15 is 0 Å². The van der Waals surface area contributed by atoms with E-state index in [9.17, 15) is 4.79 Å². The van der Waals surface area contributed by atoms with Gasteiger partial charge in [0.25, 0.3) is 0 Å². The largest absolute Gasteiger partial charge is 0.465 e. The Morgan fingerprint density at radius 1 is 1.26 bits per heavy atom. The SMILES string of the molecule is CCOC(=O)C(CCc1ccccc1)NCC(C)C. The molecule has 1 unspecified atom stereocenters. The zero-order chi connectivity index (χ0) is 14.1. The first-order valence-corrected chi connectivity index (χ1v) is 7.07. The van der Waals surface area contributed by atoms with Crippen LogP contribution in [0.1, 0.15) is 32.8 Å². The van der Waals surface area contributed by atoms with E-state index in [1.54, 1.807) is 0 Å². The van der Waals surface area contributed by atoms with E-state index in [2.05, 4.69) is 31.3 Å². The minimum absolute atomic E-state index is 0.140. The van der Waals surface area contributed by atoms with Crippen molar-refractivity contribution in [3.05, 3.63) is 35.9 Å². The normalized spacial score (nSPS) is 12.4. The van der Waals surface area contributed by atoms with E-state index in [-0.39, 0.29) is 12.0 Å². The Balaban J connectivity index is 2.50. The molecule has 0 amide bonds. The maximum atomic E-state index is 11.9. The average Bonchev–Trinajstić information content (AvgIpc) is 2.40. The van der Waals surface area contributed by atoms with Gasteiger partial charge in [-0.3, -0.25) is 4.79 Å². The Hall–Kier alpha value is -1.35. The number of aryl methyl sites for hydroxylation is 1. The van der Waals surface area contributed by atoms with Crippen LogP contribution < -0.4 is 5.32 Å². The summed E-state index contributed by atoms with van der Waals surface area (Å²) in [6.07, 6.45) is 1.66. The fourth-order valence-electron chi connectivity index (χ4n) is 1.88. The highest BCUT2D eigenvalue weighted by atomic mass is 16.5. The third-order valence-electron chi connectivity index (χ3n) is 2.91. The third-order valence-corrected chi connectivity index (χ3v) is 2.91. The first-order valence-electron chi connectivity index (χ1n) is 7.07. The molecule has 0 saturated carbocycles. The summed E-state index contributed by atoms with van der Waals surface area (Å²) in [6, 6.07) is 10.0. The summed E-state index contributed by atoms with van der Waals surface area (Å²) in [5.74, 6) is 0.382. The Kier molecular flexibility index (Phi) is 7.19. The maximum Gasteiger partial charge on any atom is 0.323 e. The van der Waals surface area contributed by atoms with Gasteiger partial charge in [-0.25, -0.2) is 0 Å². The molecule has 0 saturated heterocycles. The van der Waals surface area contributed by atoms with E-state index in [0.29, 0.717) is 12.5 Å². The van der Waals surface area contributed by atoms with Crippen LogP contribution in [-0.2, 0) is 16.0 Å². The molecular weight excluding hydrogens is 238 g/mol. The molecule has 0 bridgehead atoms. The van der Waals surface area contributed by atoms with E-state index < -0.39 is 0 Å². The summed E-state index contributed by atoms with van der Waals surface area (Å²) in [7, 11) is 0. The van der Waals surface area contributed by atoms with Crippen LogP contribution in [0.4, 0.5) is 0 Å². The van der Waals surface area contributed by atoms with Crippen LogP contribution in [0, 0.1) is 5.92 Å². The van der Waals surface area contributed by atoms with E-state index in [1.165, 1.54) is 5.56 Å². The lowest BCUT2D eigenvalue weighted by molar-refractivity contribution is -0.145. The summed E-state index contributed by atoms with van der Waals surface area (Å²) < 4.78 is 5.12. The van der Waals surface area contributed by atoms with Crippen LogP contribution in [0.3, 0.4) is 0 Å². The number of carbonyl (C=O) groups excluding carboxylic acids is 1. The van der Waals surface area contributed by atoms with Gasteiger partial charge < -0.3 is 10.1 Å². The predicted molar refractivity (Wildman–Crippen MR) is 78.0 cm³/mol. The summed E-state index contributed by atoms with van der Waals surface area (Å²) in [4.78, 5) is 11.9. The zero-order valence-corrected chi connectivity index (χ0v) is 12.2. The number of hydrogen-bond acceptors (Lipinski definition) is 3. The molecule has 0 aliphatic rings. The molecule has 0 fully saturated rings. The van der Waals surface area contributed by atoms with E-state index in [0.717, 1.165) is 19.4 Å². The van der Waals surface area contributed by atoms with Gasteiger partial charge in [0.2, 0.25) is 0 Å². The maximum absolute atomic E-state index is 11.9. The predicted octanol–water partition coefficient (Wildman–Crippen LogP) is 2.80. The standard InChI is InChI=1S/C16H25NO2/c1-4-19-16(18)15(17-12-13(2)3)11-10-14-8-6-5-7-9-14/h5-9,13,15,17H,4,10-12H2,1-3H3. The summed E-state index contributed by atoms with van der Waals surface area (Å²) in [6.45, 7) is 7.37. The van der Waals surface area contributed by atoms with Crippen LogP contribution in [0.5, 0.6) is 0 Å². The molecule has 19 heavy (non-hydrogen) atoms. The lowest BCUT2D eigenvalue weighted by Gasteiger charge is -2.18. The van der Waals surface area contributed by atoms with Crippen LogP contribution in [-0.4, -0.2) is 25.2 Å². The molecule has 1 atom stereocenters. The van der Waals surface area contributed by atoms with Crippen molar-refractivity contribution in [1.29, 1.82) is 0 Å². The number of ether oxygens (including phenoxy) is 1. The number of nitrogens with one attached hydrogen (secondary N) is 1. The molecule has 106 valence electrons. The highest BCUT2D eigenvalue weighted by molar-refractivity contribution is 5.75. The molecule has 3 heteroatoms. The Bertz CT molecular complexity index is 362. The molecule has 0 radical (unpaired) electrons. The van der Waals surface area contributed by atoms with Crippen LogP contribution in [0.25, 0.3) is 0 Å². The van der Waals surface area contributed by atoms with Gasteiger partial charge in [0.15, 0.2) is 0 Å². The number of rotatable bonds is 8. The van der Waals surface area contributed by atoms with Gasteiger partial charge >= 0.3 is 5.97 Å². The van der Waals surface area contributed by atoms with Crippen LogP contribution in [0.15, 0.2) is 30.3 Å². The monoisotopic (exact) mass is 263 g/mol. The molecular formula is C16H25NO2. The zero-order valence-electron chi connectivity index (χ0n) is 12.2. The average molecular weight is 263 g/mol. The Morgan fingerprint density at radius 2 is 1.95 bits per heavy atom. The summed E-state index contributed by atoms with van der Waals surface area (Å²) >= 11 is 0. The molecule has 1 rings (SSSR count). The van der Waals surface area contributed by atoms with Gasteiger partial charge in [-0.1, -0.05) is 44.2 Å². The number of hydrogen-bond donors (Lipinski definition) is 1. The first kappa shape index (κ1) is 15.7. The third kappa shape index (κ3) is 6.39. The van der Waals surface area contributed by atoms with Crippen molar-refractivity contribution >= 4 is 5.97 Å². The molecule has 0 aliphatic carbocycles. The number of esters is 1. The van der Waals surface area contributed by atoms with Gasteiger partial charge in [-0.2, -0.15) is 0 Å². The second-order valence-electron chi connectivity index (χ2n) is 5.13. The quantitative estimate of drug-likeness (QED) is 0.733. The molecule has 0 aromatic heterocycles. The molecule has 0 heterocycles. The van der Waals surface area contributed by atoms with Crippen molar-refractivity contribution in [1.82, 2.24) is 5.32 Å². The van der Waals surface area contributed by atoms with Gasteiger partial charge in [0, 0.05) is 0 Å². The minimum Gasteiger partial charge on any atom is -0.465 e. The fraction of sp³-hybridized carbons (Fsp3) is 0.562. The van der Waals surface area contributed by atoms with Gasteiger partial charge in [0.1, 0.15) is 6.04 Å². The van der Waals surface area contributed by atoms with Gasteiger partial charge in [0.05, 0.1) is 6.61 Å². The van der Waals surface area contributed by atoms with Crippen molar-refractivity contribution in [2.45, 2.75) is 39.7 Å². The second-order valence-corrected chi connectivity index (χ2v) is 5.13. The fourth-order valence-corrected chi connectivity index (χ4v) is 1.88. The smallest absolute Gasteiger partial charge is 0.323 e. The highest BCUT2D eigenvalue weighted by Crippen LogP contribution is 2.07. The molecule has 1 N–H and O–H groups in total. The molecule has 3 nitrogen and oxygen atoms in total. The van der Waals surface area contributed by atoms with Crippen LogP contribution in [0.2, 0.25) is 0 Å². The Morgan fingerprint density at radius 3 is 2.53 bits per heavy atom. The van der Waals surface area contributed by atoms with Crippen molar-refractivity contribution in [3.8, 4) is 0 Å². The summed E-state index contributed by atoms with van der Waals surface area (Å²) in [5, 5.41) is 3.30. The molecule has 0 spiro atoms. The van der Waals surface area contributed by atoms with Crippen molar-refractivity contribution < 1.29 is 9.53 Å². The molecule has 1 aromatic carbocycles. The molecule has 0 aliphatic heterocycles.